The molecule has 0 aliphatic heterocycles. The first-order chi connectivity index (χ1) is 34.2. The van der Waals surface area contributed by atoms with E-state index in [1.807, 2.05) is 0 Å². The fourth-order valence-corrected chi connectivity index (χ4v) is 11.0. The minimum Gasteiger partial charge on any atom is -0.455 e. The van der Waals surface area contributed by atoms with Gasteiger partial charge in [0.15, 0.2) is 0 Å². The molecule has 0 aliphatic carbocycles. The third kappa shape index (κ3) is 6.29. The maximum absolute atomic E-state index is 6.96. The average molecular weight is 879 g/mol. The van der Waals surface area contributed by atoms with Gasteiger partial charge in [0, 0.05) is 54.9 Å². The number of benzene rings is 12. The molecule has 0 N–H and O–H groups in total. The van der Waals surface area contributed by atoms with E-state index in [-0.39, 0.29) is 0 Å². The molecule has 3 nitrogen and oxygen atoms in total. The smallest absolute Gasteiger partial charge is 0.143 e. The van der Waals surface area contributed by atoms with Crippen molar-refractivity contribution in [2.24, 2.45) is 0 Å². The largest absolute Gasteiger partial charge is 0.455 e. The predicted octanol–water partition coefficient (Wildman–Crippen LogP) is 18.6. The van der Waals surface area contributed by atoms with E-state index in [1.165, 1.54) is 60.0 Å². The Kier molecular flexibility index (Phi) is 8.90. The Hall–Kier alpha value is -9.18. The summed E-state index contributed by atoms with van der Waals surface area (Å²) >= 11 is 0. The summed E-state index contributed by atoms with van der Waals surface area (Å²) in [6.45, 7) is 0. The van der Waals surface area contributed by atoms with Crippen LogP contribution in [0.3, 0.4) is 0 Å². The first kappa shape index (κ1) is 39.0. The maximum atomic E-state index is 6.96. The Morgan fingerprint density at radius 3 is 1.62 bits per heavy atom. The Bertz CT molecular complexity index is 4280. The van der Waals surface area contributed by atoms with Gasteiger partial charge in [0.05, 0.1) is 16.7 Å². The van der Waals surface area contributed by atoms with Gasteiger partial charge in [0.2, 0.25) is 0 Å². The molecule has 0 fully saturated rings. The Balaban J connectivity index is 0.921. The van der Waals surface area contributed by atoms with Gasteiger partial charge in [-0.25, -0.2) is 0 Å². The Morgan fingerprint density at radius 2 is 0.841 bits per heavy atom. The molecule has 14 aromatic rings. The first-order valence-electron chi connectivity index (χ1n) is 23.7. The summed E-state index contributed by atoms with van der Waals surface area (Å²) < 4.78 is 9.33. The highest BCUT2D eigenvalue weighted by atomic mass is 16.3. The molecule has 0 atom stereocenters. The third-order valence-corrected chi connectivity index (χ3v) is 14.2. The summed E-state index contributed by atoms with van der Waals surface area (Å²) in [5, 5.41) is 11.9. The second kappa shape index (κ2) is 15.7. The van der Waals surface area contributed by atoms with Gasteiger partial charge in [-0.05, 0) is 122 Å². The average Bonchev–Trinajstić information content (AvgIpc) is 3.98. The van der Waals surface area contributed by atoms with Crippen molar-refractivity contribution in [3.8, 4) is 39.1 Å². The second-order valence-corrected chi connectivity index (χ2v) is 18.0. The summed E-state index contributed by atoms with van der Waals surface area (Å²) in [5.41, 5.74) is 15.5. The number of aromatic nitrogens is 1. The lowest BCUT2D eigenvalue weighted by molar-refractivity contribution is 0.674. The molecule has 0 saturated carbocycles. The lowest BCUT2D eigenvalue weighted by atomic mass is 9.93. The fraction of sp³-hybridized carbons (Fsp3) is 0. The number of anilines is 3. The van der Waals surface area contributed by atoms with Crippen LogP contribution in [0.15, 0.2) is 259 Å². The number of rotatable bonds is 7. The molecule has 2 heterocycles. The number of nitrogens with zero attached hydrogens (tertiary/aromatic N) is 2. The molecule has 0 radical (unpaired) electrons. The molecule has 322 valence electrons. The number of hydrogen-bond donors (Lipinski definition) is 0. The van der Waals surface area contributed by atoms with Crippen LogP contribution >= 0.6 is 0 Å². The van der Waals surface area contributed by atoms with Gasteiger partial charge < -0.3 is 13.9 Å². The molecule has 0 saturated heterocycles. The molecule has 0 bridgehead atoms. The quantitative estimate of drug-likeness (QED) is 0.149. The maximum Gasteiger partial charge on any atom is 0.143 e. The third-order valence-electron chi connectivity index (χ3n) is 14.2. The van der Waals surface area contributed by atoms with Crippen molar-refractivity contribution in [2.45, 2.75) is 0 Å². The van der Waals surface area contributed by atoms with Crippen molar-refractivity contribution < 1.29 is 4.42 Å². The van der Waals surface area contributed by atoms with E-state index >= 15 is 0 Å². The van der Waals surface area contributed by atoms with Crippen molar-refractivity contribution in [1.82, 2.24) is 4.57 Å². The summed E-state index contributed by atoms with van der Waals surface area (Å²) in [5.74, 6) is 0. The van der Waals surface area contributed by atoms with E-state index in [0.29, 0.717) is 0 Å². The first-order valence-corrected chi connectivity index (χ1v) is 23.7. The molecular weight excluding hydrogens is 837 g/mol. The van der Waals surface area contributed by atoms with Crippen molar-refractivity contribution >= 4 is 93.1 Å². The van der Waals surface area contributed by atoms with Crippen LogP contribution in [-0.2, 0) is 0 Å². The van der Waals surface area contributed by atoms with E-state index < -0.39 is 0 Å². The highest BCUT2D eigenvalue weighted by Gasteiger charge is 2.21. The van der Waals surface area contributed by atoms with E-state index in [0.717, 1.165) is 72.2 Å². The molecule has 0 amide bonds. The molecule has 12 aromatic carbocycles. The van der Waals surface area contributed by atoms with E-state index in [2.05, 4.69) is 264 Å². The molecule has 14 rings (SSSR count). The molecule has 3 heteroatoms. The van der Waals surface area contributed by atoms with Crippen LogP contribution in [0.4, 0.5) is 17.1 Å². The number of furan rings is 1. The molecule has 0 unspecified atom stereocenters. The molecule has 0 spiro atoms. The van der Waals surface area contributed by atoms with Crippen LogP contribution in [0.5, 0.6) is 0 Å². The van der Waals surface area contributed by atoms with Crippen LogP contribution in [-0.4, -0.2) is 4.57 Å². The van der Waals surface area contributed by atoms with Crippen LogP contribution < -0.4 is 4.90 Å². The zero-order valence-corrected chi connectivity index (χ0v) is 37.6. The molecule has 69 heavy (non-hydrogen) atoms. The van der Waals surface area contributed by atoms with Gasteiger partial charge in [-0.3, -0.25) is 0 Å². The monoisotopic (exact) mass is 878 g/mol. The summed E-state index contributed by atoms with van der Waals surface area (Å²) in [4.78, 5) is 2.40. The number of para-hydroxylation sites is 3. The lowest BCUT2D eigenvalue weighted by Crippen LogP contribution is -2.10. The van der Waals surface area contributed by atoms with E-state index in [1.54, 1.807) is 0 Å². The minimum atomic E-state index is 0.894. The second-order valence-electron chi connectivity index (χ2n) is 18.0. The van der Waals surface area contributed by atoms with Gasteiger partial charge in [-0.15, -0.1) is 0 Å². The zero-order valence-electron chi connectivity index (χ0n) is 37.6. The van der Waals surface area contributed by atoms with Crippen LogP contribution in [0.25, 0.3) is 115 Å². The zero-order chi connectivity index (χ0) is 45.4. The summed E-state index contributed by atoms with van der Waals surface area (Å²) in [6, 6.07) is 92.3. The van der Waals surface area contributed by atoms with Crippen molar-refractivity contribution in [3.05, 3.63) is 255 Å². The van der Waals surface area contributed by atoms with E-state index in [9.17, 15) is 0 Å². The Labute approximate surface area is 399 Å². The van der Waals surface area contributed by atoms with Gasteiger partial charge in [-0.2, -0.15) is 0 Å². The van der Waals surface area contributed by atoms with Crippen LogP contribution in [0.1, 0.15) is 0 Å². The highest BCUT2D eigenvalue weighted by molar-refractivity contribution is 6.20. The molecular formula is C66H42N2O. The van der Waals surface area contributed by atoms with Gasteiger partial charge in [0.25, 0.3) is 0 Å². The summed E-state index contributed by atoms with van der Waals surface area (Å²) in [7, 11) is 0. The fourth-order valence-electron chi connectivity index (χ4n) is 11.0. The SMILES string of the molecule is c1ccc(-c2cccc3c2oc2c4cccc(N(c5ccc(-c6ccc7c(c6)c6ccccc6n7-c6ccccc6)cc5)c5ccc(-c6cc7ccccc7c7ccccc67)cc5)c4ccc32)cc1. The molecule has 0 aliphatic rings. The number of hydrogen-bond acceptors (Lipinski definition) is 2. The Morgan fingerprint density at radius 1 is 0.290 bits per heavy atom. The molecule has 2 aromatic heterocycles. The lowest BCUT2D eigenvalue weighted by Gasteiger charge is -2.27. The standard InChI is InChI=1S/C66H42N2O/c1-3-15-44(16-4-1)52-24-13-25-58-59-39-38-56-57(66(59)69-65(52)58)26-14-28-62(56)67(50-36-31-45(32-37-50)60-42-47-17-7-8-20-51(47)53-21-9-10-22-54(53)60)49-34-29-43(30-35-49)46-33-40-64-61(41-46)55-23-11-12-27-63(55)68(64)48-18-5-2-6-19-48/h1-42H. The van der Waals surface area contributed by atoms with Crippen LogP contribution in [0.2, 0.25) is 0 Å². The van der Waals surface area contributed by atoms with Crippen LogP contribution in [0, 0.1) is 0 Å². The normalized spacial score (nSPS) is 11.8. The van der Waals surface area contributed by atoms with Crippen molar-refractivity contribution in [1.29, 1.82) is 0 Å². The number of fused-ring (bicyclic) bond motifs is 11. The highest BCUT2D eigenvalue weighted by Crippen LogP contribution is 2.45. The summed E-state index contributed by atoms with van der Waals surface area (Å²) in [6.07, 6.45) is 0. The van der Waals surface area contributed by atoms with Gasteiger partial charge >= 0.3 is 0 Å². The van der Waals surface area contributed by atoms with Gasteiger partial charge in [0.1, 0.15) is 11.2 Å². The van der Waals surface area contributed by atoms with Gasteiger partial charge in [-0.1, -0.05) is 182 Å². The van der Waals surface area contributed by atoms with Crippen molar-refractivity contribution in [3.63, 3.8) is 0 Å². The predicted molar refractivity (Wildman–Crippen MR) is 292 cm³/mol. The minimum absolute atomic E-state index is 0.894. The topological polar surface area (TPSA) is 21.3 Å². The van der Waals surface area contributed by atoms with E-state index in [4.69, 9.17) is 4.42 Å². The van der Waals surface area contributed by atoms with Crippen molar-refractivity contribution in [2.75, 3.05) is 4.90 Å².